The third-order valence-corrected chi connectivity index (χ3v) is 4.95. The molecule has 0 spiro atoms. The fourth-order valence-corrected chi connectivity index (χ4v) is 3.40. The van der Waals surface area contributed by atoms with Gasteiger partial charge in [-0.05, 0) is 17.2 Å². The maximum Gasteiger partial charge on any atom is 0.252 e. The molecule has 4 aromatic rings. The Labute approximate surface area is 175 Å². The number of aromatic nitrogens is 1. The lowest BCUT2D eigenvalue weighted by molar-refractivity contribution is 0.103. The molecule has 3 aromatic carbocycles. The van der Waals surface area contributed by atoms with Crippen LogP contribution in [-0.2, 0) is 13.1 Å². The molecule has 1 aromatic heterocycles. The molecule has 0 bridgehead atoms. The topological polar surface area (TPSA) is 51.1 Å². The monoisotopic (exact) mass is 394 g/mol. The summed E-state index contributed by atoms with van der Waals surface area (Å²) in [5, 5.41) is 3.35. The molecular weight excluding hydrogens is 372 g/mol. The highest BCUT2D eigenvalue weighted by Crippen LogP contribution is 2.20. The van der Waals surface area contributed by atoms with Crippen molar-refractivity contribution < 1.29 is 4.79 Å². The summed E-state index contributed by atoms with van der Waals surface area (Å²) < 4.78 is 1.63. The van der Waals surface area contributed by atoms with E-state index in [1.54, 1.807) is 22.8 Å². The third-order valence-electron chi connectivity index (χ3n) is 4.95. The summed E-state index contributed by atoms with van der Waals surface area (Å²) in [6.45, 7) is 0.890. The number of pyridine rings is 1. The second-order valence-corrected chi connectivity index (χ2v) is 7.04. The summed E-state index contributed by atoms with van der Waals surface area (Å²) >= 11 is 0. The second-order valence-electron chi connectivity index (χ2n) is 7.04. The van der Waals surface area contributed by atoms with Gasteiger partial charge in [0.05, 0.1) is 12.1 Å². The zero-order chi connectivity index (χ0) is 20.8. The number of rotatable bonds is 7. The summed E-state index contributed by atoms with van der Waals surface area (Å²) in [5.41, 5.74) is 2.97. The Kier molecular flexibility index (Phi) is 5.85. The largest absolute Gasteiger partial charge is 0.367 e. The van der Waals surface area contributed by atoms with Crippen molar-refractivity contribution in [3.05, 3.63) is 136 Å². The van der Waals surface area contributed by atoms with E-state index in [1.165, 1.54) is 6.07 Å². The summed E-state index contributed by atoms with van der Waals surface area (Å²) in [5.74, 6) is 0.414. The van der Waals surface area contributed by atoms with Crippen molar-refractivity contribution in [3.8, 4) is 0 Å². The molecule has 0 aliphatic heterocycles. The van der Waals surface area contributed by atoms with Crippen molar-refractivity contribution in [2.45, 2.75) is 13.1 Å². The number of hydrogen-bond donors (Lipinski definition) is 1. The van der Waals surface area contributed by atoms with Crippen molar-refractivity contribution in [1.29, 1.82) is 0 Å². The molecule has 0 amide bonds. The van der Waals surface area contributed by atoms with Crippen molar-refractivity contribution in [3.63, 3.8) is 0 Å². The van der Waals surface area contributed by atoms with Crippen LogP contribution in [0.4, 0.5) is 5.82 Å². The summed E-state index contributed by atoms with van der Waals surface area (Å²) in [4.78, 5) is 26.0. The fraction of sp³-hybridized carbons (Fsp3) is 0.0769. The zero-order valence-corrected chi connectivity index (χ0v) is 16.5. The van der Waals surface area contributed by atoms with Gasteiger partial charge in [0.25, 0.3) is 5.56 Å². The number of carbonyl (C=O) groups is 1. The van der Waals surface area contributed by atoms with Gasteiger partial charge in [0.1, 0.15) is 5.82 Å². The maximum absolute atomic E-state index is 13.2. The van der Waals surface area contributed by atoms with Crippen LogP contribution in [0.1, 0.15) is 27.0 Å². The maximum atomic E-state index is 13.2. The molecule has 4 heteroatoms. The van der Waals surface area contributed by atoms with Gasteiger partial charge < -0.3 is 5.32 Å². The van der Waals surface area contributed by atoms with E-state index in [9.17, 15) is 9.59 Å². The highest BCUT2D eigenvalue weighted by molar-refractivity contribution is 6.11. The van der Waals surface area contributed by atoms with E-state index in [-0.39, 0.29) is 11.3 Å². The molecule has 0 aliphatic carbocycles. The number of hydrogen-bond acceptors (Lipinski definition) is 3. The molecule has 4 nitrogen and oxygen atoms in total. The summed E-state index contributed by atoms with van der Waals surface area (Å²) in [7, 11) is 0. The van der Waals surface area contributed by atoms with Crippen molar-refractivity contribution >= 4 is 11.6 Å². The Morgan fingerprint density at radius 2 is 1.27 bits per heavy atom. The average molecular weight is 394 g/mol. The predicted octanol–water partition coefficient (Wildman–Crippen LogP) is 4.74. The predicted molar refractivity (Wildman–Crippen MR) is 120 cm³/mol. The minimum Gasteiger partial charge on any atom is -0.367 e. The van der Waals surface area contributed by atoms with E-state index in [1.807, 2.05) is 78.9 Å². The van der Waals surface area contributed by atoms with Crippen LogP contribution in [0.2, 0.25) is 0 Å². The van der Waals surface area contributed by atoms with Crippen LogP contribution >= 0.6 is 0 Å². The van der Waals surface area contributed by atoms with Crippen LogP contribution in [0.5, 0.6) is 0 Å². The number of ketones is 1. The molecule has 0 saturated carbocycles. The van der Waals surface area contributed by atoms with Crippen molar-refractivity contribution in [2.24, 2.45) is 0 Å². The number of nitrogens with one attached hydrogen (secondary N) is 1. The Morgan fingerprint density at radius 1 is 0.700 bits per heavy atom. The standard InChI is InChI=1S/C26H22N2O2/c29-24-17-16-23(25(30)22-14-8-3-9-15-22)26(27-18-20-10-4-1-5-11-20)28(24)19-21-12-6-2-7-13-21/h1-17,27H,18-19H2. The van der Waals surface area contributed by atoms with E-state index in [0.717, 1.165) is 11.1 Å². The number of nitrogens with zero attached hydrogens (tertiary/aromatic N) is 1. The van der Waals surface area contributed by atoms with Gasteiger partial charge in [-0.15, -0.1) is 0 Å². The van der Waals surface area contributed by atoms with Crippen LogP contribution in [0.3, 0.4) is 0 Å². The molecule has 1 N–H and O–H groups in total. The molecule has 0 radical (unpaired) electrons. The molecule has 0 aliphatic rings. The highest BCUT2D eigenvalue weighted by Gasteiger charge is 2.18. The first-order valence-corrected chi connectivity index (χ1v) is 9.88. The molecule has 0 fully saturated rings. The zero-order valence-electron chi connectivity index (χ0n) is 16.5. The Morgan fingerprint density at radius 3 is 1.90 bits per heavy atom. The summed E-state index contributed by atoms with van der Waals surface area (Å²) in [6.07, 6.45) is 0. The minimum absolute atomic E-state index is 0.118. The fourth-order valence-electron chi connectivity index (χ4n) is 3.40. The van der Waals surface area contributed by atoms with Gasteiger partial charge in [-0.25, -0.2) is 0 Å². The van der Waals surface area contributed by atoms with Crippen LogP contribution in [0.25, 0.3) is 0 Å². The van der Waals surface area contributed by atoms with Crippen molar-refractivity contribution in [2.75, 3.05) is 5.32 Å². The lowest BCUT2D eigenvalue weighted by atomic mass is 10.0. The molecule has 0 atom stereocenters. The SMILES string of the molecule is O=C(c1ccccc1)c1ccc(=O)n(Cc2ccccc2)c1NCc1ccccc1. The third kappa shape index (κ3) is 4.39. The highest BCUT2D eigenvalue weighted by atomic mass is 16.1. The van der Waals surface area contributed by atoms with E-state index in [0.29, 0.717) is 30.0 Å². The van der Waals surface area contributed by atoms with Crippen molar-refractivity contribution in [1.82, 2.24) is 4.57 Å². The Hall–Kier alpha value is -3.92. The molecule has 0 unspecified atom stereocenters. The Balaban J connectivity index is 1.77. The first-order chi connectivity index (χ1) is 14.7. The number of carbonyl (C=O) groups excluding carboxylic acids is 1. The summed E-state index contributed by atoms with van der Waals surface area (Å²) in [6, 6.07) is 31.9. The quantitative estimate of drug-likeness (QED) is 0.461. The molecule has 148 valence electrons. The van der Waals surface area contributed by atoms with E-state index >= 15 is 0 Å². The molecule has 30 heavy (non-hydrogen) atoms. The van der Waals surface area contributed by atoms with Crippen LogP contribution in [0, 0.1) is 0 Å². The molecular formula is C26H22N2O2. The van der Waals surface area contributed by atoms with Gasteiger partial charge in [-0.2, -0.15) is 0 Å². The minimum atomic E-state index is -0.154. The van der Waals surface area contributed by atoms with E-state index in [2.05, 4.69) is 5.32 Å². The molecule has 4 rings (SSSR count). The average Bonchev–Trinajstić information content (AvgIpc) is 2.81. The first-order valence-electron chi connectivity index (χ1n) is 9.88. The van der Waals surface area contributed by atoms with Gasteiger partial charge in [-0.1, -0.05) is 91.0 Å². The van der Waals surface area contributed by atoms with E-state index in [4.69, 9.17) is 0 Å². The Bertz CT molecular complexity index is 1180. The second kappa shape index (κ2) is 9.05. The van der Waals surface area contributed by atoms with Crippen LogP contribution < -0.4 is 10.9 Å². The number of benzene rings is 3. The van der Waals surface area contributed by atoms with Gasteiger partial charge in [0.2, 0.25) is 0 Å². The van der Waals surface area contributed by atoms with Gasteiger partial charge in [0.15, 0.2) is 5.78 Å². The normalized spacial score (nSPS) is 10.5. The van der Waals surface area contributed by atoms with Gasteiger partial charge in [-0.3, -0.25) is 14.2 Å². The molecule has 0 saturated heterocycles. The smallest absolute Gasteiger partial charge is 0.252 e. The van der Waals surface area contributed by atoms with Crippen LogP contribution in [0.15, 0.2) is 108 Å². The first kappa shape index (κ1) is 19.4. The van der Waals surface area contributed by atoms with E-state index < -0.39 is 0 Å². The molecule has 1 heterocycles. The number of anilines is 1. The lowest BCUT2D eigenvalue weighted by Gasteiger charge is -2.18. The lowest BCUT2D eigenvalue weighted by Crippen LogP contribution is -2.26. The van der Waals surface area contributed by atoms with Crippen LogP contribution in [-0.4, -0.2) is 10.4 Å². The van der Waals surface area contributed by atoms with Gasteiger partial charge in [0, 0.05) is 18.2 Å². The van der Waals surface area contributed by atoms with Gasteiger partial charge >= 0.3 is 0 Å².